The highest BCUT2D eigenvalue weighted by Gasteiger charge is 2.37. The van der Waals surface area contributed by atoms with E-state index in [-0.39, 0.29) is 101 Å². The summed E-state index contributed by atoms with van der Waals surface area (Å²) in [6.07, 6.45) is 11.9. The number of unbranched alkanes of at least 4 members (excludes halogenated alkanes) is 10. The third-order valence-electron chi connectivity index (χ3n) is 17.0. The first kappa shape index (κ1) is 90.2. The van der Waals surface area contributed by atoms with Crippen LogP contribution < -0.4 is 93.3 Å². The SMILES string of the molecule is CCCCCCCC(=O)N[C@@H](CCCCN)C(=O)N[C@@H](CC(C)C)C(=O)N[C@@H](CCCCN)C(=O)N[C@@H](CCCCN)C(=O)N[C@@H](CCCCN)C(=O)N[C@@H](Cc1ccccc1)C(=O)N[C@@H](CC(C)C)C(=O)N[C@@H](CCCCN)C(=O)N[C@@H](CCCCN)C(=O)N[C@@H](CC(C)C)C(N)=O. The molecule has 24 N–H and O–H groups in total. The van der Waals surface area contributed by atoms with Crippen LogP contribution in [0.2, 0.25) is 0 Å². The molecule has 99 heavy (non-hydrogen) atoms. The maximum Gasteiger partial charge on any atom is 0.243 e. The highest BCUT2D eigenvalue weighted by Crippen LogP contribution is 2.16. The molecule has 0 heterocycles. The van der Waals surface area contributed by atoms with Gasteiger partial charge in [-0.05, 0) is 204 Å². The van der Waals surface area contributed by atoms with Crippen LogP contribution in [0.15, 0.2) is 30.3 Å². The van der Waals surface area contributed by atoms with Gasteiger partial charge in [-0.15, -0.1) is 0 Å². The van der Waals surface area contributed by atoms with Crippen molar-refractivity contribution < 1.29 is 52.7 Å². The Balaban J connectivity index is 3.75. The van der Waals surface area contributed by atoms with Gasteiger partial charge >= 0.3 is 0 Å². The zero-order valence-corrected chi connectivity index (χ0v) is 61.0. The van der Waals surface area contributed by atoms with E-state index in [0.717, 1.165) is 25.7 Å². The van der Waals surface area contributed by atoms with Crippen molar-refractivity contribution in [3.63, 3.8) is 0 Å². The molecule has 0 radical (unpaired) electrons. The molecule has 0 saturated heterocycles. The molecule has 28 heteroatoms. The second kappa shape index (κ2) is 54.0. The topological polar surface area (TPSA) is 490 Å². The first-order valence-electron chi connectivity index (χ1n) is 36.9. The molecule has 566 valence electrons. The monoisotopic (exact) mass is 1400 g/mol. The Bertz CT molecular complexity index is 2510. The van der Waals surface area contributed by atoms with Crippen LogP contribution in [0.25, 0.3) is 0 Å². The fraction of sp³-hybridized carbons (Fsp3) is 0.761. The number of carbonyl (C=O) groups excluding carboxylic acids is 11. The van der Waals surface area contributed by atoms with E-state index in [0.29, 0.717) is 122 Å². The van der Waals surface area contributed by atoms with E-state index < -0.39 is 119 Å². The van der Waals surface area contributed by atoms with Gasteiger partial charge in [0, 0.05) is 12.8 Å². The molecular formula is C71H131N17O11. The van der Waals surface area contributed by atoms with Crippen LogP contribution in [0, 0.1) is 17.8 Å². The summed E-state index contributed by atoms with van der Waals surface area (Å²) in [5, 5.41) is 28.3. The van der Waals surface area contributed by atoms with E-state index >= 15 is 0 Å². The summed E-state index contributed by atoms with van der Waals surface area (Å²) in [6, 6.07) is -2.92. The van der Waals surface area contributed by atoms with E-state index in [4.69, 9.17) is 40.1 Å². The summed E-state index contributed by atoms with van der Waals surface area (Å²) >= 11 is 0. The van der Waals surface area contributed by atoms with Gasteiger partial charge in [-0.2, -0.15) is 0 Å². The van der Waals surface area contributed by atoms with E-state index in [1.165, 1.54) is 0 Å². The molecule has 0 fully saturated rings. The number of amides is 11. The average molecular weight is 1400 g/mol. The zero-order valence-electron chi connectivity index (χ0n) is 61.0. The van der Waals surface area contributed by atoms with Crippen molar-refractivity contribution in [3.8, 4) is 0 Å². The summed E-state index contributed by atoms with van der Waals surface area (Å²) in [7, 11) is 0. The molecule has 0 saturated carbocycles. The molecule has 0 aliphatic rings. The molecule has 0 spiro atoms. The lowest BCUT2D eigenvalue weighted by atomic mass is 9.99. The van der Waals surface area contributed by atoms with Crippen molar-refractivity contribution in [2.75, 3.05) is 39.3 Å². The average Bonchev–Trinajstić information content (AvgIpc) is 0.870. The number of carbonyl (C=O) groups is 11. The molecule has 1 aromatic carbocycles. The quantitative estimate of drug-likeness (QED) is 0.0414. The van der Waals surface area contributed by atoms with E-state index in [1.807, 2.05) is 41.5 Å². The number of nitrogens with one attached hydrogen (secondary N) is 10. The minimum absolute atomic E-state index is 0.00550. The molecular weight excluding hydrogens is 1270 g/mol. The number of hydrogen-bond donors (Lipinski definition) is 17. The highest BCUT2D eigenvalue weighted by molar-refractivity contribution is 5.99. The van der Waals surface area contributed by atoms with Crippen molar-refractivity contribution in [1.29, 1.82) is 0 Å². The second-order valence-corrected chi connectivity index (χ2v) is 27.5. The Morgan fingerprint density at radius 3 is 0.848 bits per heavy atom. The lowest BCUT2D eigenvalue weighted by Crippen LogP contribution is -2.61. The molecule has 0 unspecified atom stereocenters. The van der Waals surface area contributed by atoms with Crippen LogP contribution in [0.3, 0.4) is 0 Å². The van der Waals surface area contributed by atoms with E-state index in [1.54, 1.807) is 30.3 Å². The zero-order chi connectivity index (χ0) is 74.1. The number of primary amides is 1. The number of nitrogens with two attached hydrogens (primary N) is 7. The predicted octanol–water partition coefficient (Wildman–Crippen LogP) is 1.84. The van der Waals surface area contributed by atoms with Crippen molar-refractivity contribution in [2.45, 2.75) is 289 Å². The van der Waals surface area contributed by atoms with Crippen LogP contribution in [0.1, 0.15) is 227 Å². The molecule has 0 aliphatic carbocycles. The van der Waals surface area contributed by atoms with Crippen molar-refractivity contribution in [3.05, 3.63) is 35.9 Å². The summed E-state index contributed by atoms with van der Waals surface area (Å²) in [5.41, 5.74) is 41.4. The molecule has 0 aliphatic heterocycles. The van der Waals surface area contributed by atoms with Gasteiger partial charge in [-0.3, -0.25) is 52.7 Å². The second-order valence-electron chi connectivity index (χ2n) is 27.5. The van der Waals surface area contributed by atoms with Gasteiger partial charge < -0.3 is 93.3 Å². The van der Waals surface area contributed by atoms with Crippen molar-refractivity contribution in [1.82, 2.24) is 53.2 Å². The Labute approximate surface area is 590 Å². The van der Waals surface area contributed by atoms with Gasteiger partial charge in [0.1, 0.15) is 60.4 Å². The summed E-state index contributed by atoms with van der Waals surface area (Å²) < 4.78 is 0. The van der Waals surface area contributed by atoms with Gasteiger partial charge in [-0.1, -0.05) is 104 Å². The minimum Gasteiger partial charge on any atom is -0.368 e. The maximum absolute atomic E-state index is 14.9. The predicted molar refractivity (Wildman–Crippen MR) is 388 cm³/mol. The lowest BCUT2D eigenvalue weighted by Gasteiger charge is -2.29. The first-order valence-corrected chi connectivity index (χ1v) is 36.9. The fourth-order valence-electron chi connectivity index (χ4n) is 11.4. The van der Waals surface area contributed by atoms with Crippen molar-refractivity contribution in [2.24, 2.45) is 57.9 Å². The first-order chi connectivity index (χ1) is 47.3. The molecule has 0 bridgehead atoms. The molecule has 1 rings (SSSR count). The normalized spacial score (nSPS) is 14.4. The van der Waals surface area contributed by atoms with Gasteiger partial charge in [0.2, 0.25) is 65.0 Å². The third kappa shape index (κ3) is 40.3. The molecule has 28 nitrogen and oxygen atoms in total. The number of rotatable bonds is 58. The Morgan fingerprint density at radius 1 is 0.303 bits per heavy atom. The lowest BCUT2D eigenvalue weighted by molar-refractivity contribution is -0.136. The van der Waals surface area contributed by atoms with Crippen LogP contribution in [0.4, 0.5) is 0 Å². The standard InChI is InChI=1S/C71H131N17O11/c1-8-9-10-11-15-36-61(89)79-51(30-16-22-37-72)63(91)86-58(44-48(4)5)69(97)83-53(32-18-24-39-74)65(93)80-52(31-17-23-38-73)64(92)82-56(35-21-27-42-77)68(96)88-60(46-50-28-13-12-14-29-50)71(99)87-59(45-49(6)7)70(98)84-54(33-19-25-40-75)66(94)81-55(34-20-26-41-76)67(95)85-57(62(78)90)43-47(2)3/h12-14,28-29,47-49,51-60H,8-11,15-27,30-46,72-77H2,1-7H3,(H2,78,90)(H,79,89)(H,80,93)(H,81,94)(H,82,92)(H,83,97)(H,84,98)(H,85,95)(H,86,91)(H,87,99)(H,88,96)/t51-,52-,53-,54-,55-,56-,57-,58-,59-,60-/m0/s1. The summed E-state index contributed by atoms with van der Waals surface area (Å²) in [4.78, 5) is 156. The van der Waals surface area contributed by atoms with Gasteiger partial charge in [-0.25, -0.2) is 0 Å². The summed E-state index contributed by atoms with van der Waals surface area (Å²) in [6.45, 7) is 15.2. The molecule has 10 atom stereocenters. The van der Waals surface area contributed by atoms with Crippen LogP contribution in [-0.4, -0.2) is 165 Å². The summed E-state index contributed by atoms with van der Waals surface area (Å²) in [5.74, 6) is -7.46. The van der Waals surface area contributed by atoms with E-state index in [2.05, 4.69) is 60.1 Å². The van der Waals surface area contributed by atoms with Gasteiger partial charge in [0.15, 0.2) is 0 Å². The minimum atomic E-state index is -1.35. The molecule has 11 amide bonds. The third-order valence-corrected chi connectivity index (χ3v) is 17.0. The maximum atomic E-state index is 14.9. The molecule has 0 aromatic heterocycles. The molecule has 1 aromatic rings. The van der Waals surface area contributed by atoms with Crippen LogP contribution in [0.5, 0.6) is 0 Å². The van der Waals surface area contributed by atoms with Gasteiger partial charge in [0.05, 0.1) is 0 Å². The van der Waals surface area contributed by atoms with Gasteiger partial charge in [0.25, 0.3) is 0 Å². The van der Waals surface area contributed by atoms with Crippen LogP contribution >= 0.6 is 0 Å². The Hall–Kier alpha value is -6.85. The Morgan fingerprint density at radius 2 is 0.556 bits per heavy atom. The largest absolute Gasteiger partial charge is 0.368 e. The fourth-order valence-corrected chi connectivity index (χ4v) is 11.4. The van der Waals surface area contributed by atoms with Crippen LogP contribution in [-0.2, 0) is 59.2 Å². The van der Waals surface area contributed by atoms with Crippen molar-refractivity contribution >= 4 is 65.0 Å². The Kier molecular flexibility index (Phi) is 49.2. The smallest absolute Gasteiger partial charge is 0.243 e. The number of benzene rings is 1. The highest BCUT2D eigenvalue weighted by atomic mass is 16.2. The number of hydrogen-bond acceptors (Lipinski definition) is 17. The van der Waals surface area contributed by atoms with E-state index in [9.17, 15) is 52.7 Å².